The van der Waals surface area contributed by atoms with E-state index in [1.807, 2.05) is 0 Å². The second kappa shape index (κ2) is 6.54. The Labute approximate surface area is 136 Å². The van der Waals surface area contributed by atoms with Crippen LogP contribution in [0.4, 0.5) is 15.9 Å². The highest BCUT2D eigenvalue weighted by atomic mass is 35.5. The van der Waals surface area contributed by atoms with E-state index in [0.29, 0.717) is 16.8 Å². The zero-order chi connectivity index (χ0) is 15.5. The summed E-state index contributed by atoms with van der Waals surface area (Å²) in [7, 11) is 0. The summed E-state index contributed by atoms with van der Waals surface area (Å²) in [4.78, 5) is 16.4. The molecule has 4 nitrogen and oxygen atoms in total. The van der Waals surface area contributed by atoms with E-state index in [1.165, 1.54) is 31.0 Å². The number of hydrogen-bond donors (Lipinski definition) is 2. The molecule has 1 aromatic carbocycles. The van der Waals surface area contributed by atoms with Gasteiger partial charge in [0.2, 0.25) is 0 Å². The van der Waals surface area contributed by atoms with Crippen LogP contribution in [0.1, 0.15) is 23.3 Å². The molecular weight excluding hydrogens is 325 g/mol. The van der Waals surface area contributed by atoms with Gasteiger partial charge in [-0.05, 0) is 55.1 Å². The van der Waals surface area contributed by atoms with Crippen molar-refractivity contribution in [1.82, 2.24) is 4.98 Å². The lowest BCUT2D eigenvalue weighted by atomic mass is 10.3. The van der Waals surface area contributed by atoms with Gasteiger partial charge in [0.25, 0.3) is 5.91 Å². The van der Waals surface area contributed by atoms with Crippen molar-refractivity contribution >= 4 is 41.0 Å². The lowest BCUT2D eigenvalue weighted by molar-refractivity contribution is 0.102. The summed E-state index contributed by atoms with van der Waals surface area (Å²) in [6.07, 6.45) is 2.42. The first kappa shape index (κ1) is 15.1. The summed E-state index contributed by atoms with van der Waals surface area (Å²) >= 11 is 7.31. The number of anilines is 2. The van der Waals surface area contributed by atoms with Crippen molar-refractivity contribution in [3.05, 3.63) is 52.9 Å². The molecule has 2 aromatic rings. The molecule has 114 valence electrons. The van der Waals surface area contributed by atoms with Crippen molar-refractivity contribution in [1.29, 1.82) is 0 Å². The summed E-state index contributed by atoms with van der Waals surface area (Å²) in [5.41, 5.74) is 0.700. The molecule has 0 saturated heterocycles. The van der Waals surface area contributed by atoms with E-state index in [0.717, 1.165) is 0 Å². The van der Waals surface area contributed by atoms with Crippen molar-refractivity contribution in [2.24, 2.45) is 0 Å². The van der Waals surface area contributed by atoms with Gasteiger partial charge in [0.1, 0.15) is 17.3 Å². The lowest BCUT2D eigenvalue weighted by Crippen LogP contribution is -2.14. The average molecular weight is 338 g/mol. The second-order valence-corrected chi connectivity index (χ2v) is 6.42. The fraction of sp³-hybridized carbons (Fsp3) is 0.200. The predicted molar refractivity (Wildman–Crippen MR) is 87.8 cm³/mol. The number of halogens is 2. The van der Waals surface area contributed by atoms with Crippen LogP contribution >= 0.6 is 23.5 Å². The molecule has 3 rings (SSSR count). The highest BCUT2D eigenvalue weighted by molar-refractivity contribution is 8.01. The van der Waals surface area contributed by atoms with Crippen LogP contribution in [0, 0.1) is 5.82 Å². The molecule has 1 fully saturated rings. The third-order valence-corrected chi connectivity index (χ3v) is 4.44. The molecule has 22 heavy (non-hydrogen) atoms. The number of carbonyl (C=O) groups is 1. The minimum Gasteiger partial charge on any atom is -0.321 e. The first-order valence-corrected chi connectivity index (χ1v) is 8.03. The summed E-state index contributed by atoms with van der Waals surface area (Å²) in [5.74, 6) is -0.259. The Kier molecular flexibility index (Phi) is 4.49. The van der Waals surface area contributed by atoms with Crippen molar-refractivity contribution in [2.45, 2.75) is 18.1 Å². The van der Waals surface area contributed by atoms with Crippen LogP contribution in [-0.2, 0) is 0 Å². The van der Waals surface area contributed by atoms with Crippen LogP contribution in [0.5, 0.6) is 0 Å². The number of benzene rings is 1. The summed E-state index contributed by atoms with van der Waals surface area (Å²) in [6.45, 7) is 0. The van der Waals surface area contributed by atoms with Crippen LogP contribution < -0.4 is 10.0 Å². The molecule has 0 spiro atoms. The van der Waals surface area contributed by atoms with Gasteiger partial charge >= 0.3 is 0 Å². The van der Waals surface area contributed by atoms with Crippen LogP contribution in [-0.4, -0.2) is 16.1 Å². The fourth-order valence-electron chi connectivity index (χ4n) is 1.72. The number of aromatic nitrogens is 1. The van der Waals surface area contributed by atoms with Crippen molar-refractivity contribution in [2.75, 3.05) is 10.0 Å². The molecule has 1 heterocycles. The molecule has 1 aromatic heterocycles. The third-order valence-electron chi connectivity index (χ3n) is 3.01. The standard InChI is InChI=1S/C15H13ClFN3OS/c16-11-8-9(4-7-12(11)17)18-15(21)13-2-1-3-14(19-13)20-22-10-5-6-10/h1-4,7-8,10H,5-6H2,(H,18,21)(H,19,20). The van der Waals surface area contributed by atoms with Crippen LogP contribution in [0.3, 0.4) is 0 Å². The van der Waals surface area contributed by atoms with Gasteiger partial charge in [-0.2, -0.15) is 0 Å². The van der Waals surface area contributed by atoms with E-state index in [4.69, 9.17) is 11.6 Å². The van der Waals surface area contributed by atoms with Gasteiger partial charge < -0.3 is 10.0 Å². The van der Waals surface area contributed by atoms with E-state index in [1.54, 1.807) is 30.1 Å². The van der Waals surface area contributed by atoms with Gasteiger partial charge in [0, 0.05) is 10.9 Å². The molecule has 0 unspecified atom stereocenters. The SMILES string of the molecule is O=C(Nc1ccc(F)c(Cl)c1)c1cccc(NSC2CC2)n1. The Morgan fingerprint density at radius 3 is 2.86 bits per heavy atom. The smallest absolute Gasteiger partial charge is 0.274 e. The normalized spacial score (nSPS) is 13.7. The Balaban J connectivity index is 1.67. The molecule has 7 heteroatoms. The maximum Gasteiger partial charge on any atom is 0.274 e. The molecule has 0 bridgehead atoms. The first-order valence-electron chi connectivity index (χ1n) is 6.77. The maximum atomic E-state index is 13.1. The van der Waals surface area contributed by atoms with Gasteiger partial charge in [-0.1, -0.05) is 17.7 Å². The number of nitrogens with one attached hydrogen (secondary N) is 2. The van der Waals surface area contributed by atoms with E-state index in [-0.39, 0.29) is 16.6 Å². The zero-order valence-corrected chi connectivity index (χ0v) is 13.0. The van der Waals surface area contributed by atoms with Crippen LogP contribution in [0.25, 0.3) is 0 Å². The van der Waals surface area contributed by atoms with Gasteiger partial charge in [-0.25, -0.2) is 9.37 Å². The van der Waals surface area contributed by atoms with Crippen molar-refractivity contribution in [3.8, 4) is 0 Å². The number of carbonyl (C=O) groups excluding carboxylic acids is 1. The predicted octanol–water partition coefficient (Wildman–Crippen LogP) is 4.35. The Bertz CT molecular complexity index is 709. The van der Waals surface area contributed by atoms with E-state index < -0.39 is 5.82 Å². The molecule has 1 amide bonds. The van der Waals surface area contributed by atoms with Gasteiger partial charge in [-0.3, -0.25) is 4.79 Å². The van der Waals surface area contributed by atoms with Gasteiger partial charge in [0.15, 0.2) is 0 Å². The molecular formula is C15H13ClFN3OS. The molecule has 2 N–H and O–H groups in total. The number of rotatable bonds is 5. The fourth-order valence-corrected chi connectivity index (χ4v) is 2.67. The second-order valence-electron chi connectivity index (χ2n) is 4.91. The molecule has 1 saturated carbocycles. The Hall–Kier alpha value is -1.79. The summed E-state index contributed by atoms with van der Waals surface area (Å²) in [5, 5.41) is 3.24. The summed E-state index contributed by atoms with van der Waals surface area (Å²) in [6, 6.07) is 9.20. The minimum absolute atomic E-state index is 0.0398. The zero-order valence-electron chi connectivity index (χ0n) is 11.5. The van der Waals surface area contributed by atoms with Gasteiger partial charge in [0.05, 0.1) is 5.02 Å². The number of hydrogen-bond acceptors (Lipinski definition) is 4. The number of nitrogens with zero attached hydrogens (tertiary/aromatic N) is 1. The van der Waals surface area contributed by atoms with Crippen LogP contribution in [0.2, 0.25) is 5.02 Å². The van der Waals surface area contributed by atoms with E-state index >= 15 is 0 Å². The average Bonchev–Trinajstić information content (AvgIpc) is 3.33. The minimum atomic E-state index is -0.527. The highest BCUT2D eigenvalue weighted by Crippen LogP contribution is 2.34. The Morgan fingerprint density at radius 2 is 2.14 bits per heavy atom. The quantitative estimate of drug-likeness (QED) is 0.796. The first-order chi connectivity index (χ1) is 10.6. The van der Waals surface area contributed by atoms with Crippen molar-refractivity contribution in [3.63, 3.8) is 0 Å². The Morgan fingerprint density at radius 1 is 1.32 bits per heavy atom. The maximum absolute atomic E-state index is 13.1. The molecule has 1 aliphatic rings. The van der Waals surface area contributed by atoms with Crippen LogP contribution in [0.15, 0.2) is 36.4 Å². The lowest BCUT2D eigenvalue weighted by Gasteiger charge is -2.08. The molecule has 0 aliphatic heterocycles. The van der Waals surface area contributed by atoms with E-state index in [9.17, 15) is 9.18 Å². The molecule has 1 aliphatic carbocycles. The third kappa shape index (κ3) is 3.90. The highest BCUT2D eigenvalue weighted by Gasteiger charge is 2.22. The largest absolute Gasteiger partial charge is 0.321 e. The monoisotopic (exact) mass is 337 g/mol. The number of amides is 1. The summed E-state index contributed by atoms with van der Waals surface area (Å²) < 4.78 is 16.2. The van der Waals surface area contributed by atoms with Crippen molar-refractivity contribution < 1.29 is 9.18 Å². The van der Waals surface area contributed by atoms with E-state index in [2.05, 4.69) is 15.0 Å². The number of pyridine rings is 1. The molecule has 0 atom stereocenters. The van der Waals surface area contributed by atoms with Gasteiger partial charge in [-0.15, -0.1) is 0 Å². The topological polar surface area (TPSA) is 54.0 Å². The molecule has 0 radical (unpaired) electrons.